The first-order chi connectivity index (χ1) is 28.9. The maximum absolute atomic E-state index is 14.7. The molecule has 2 heterocycles. The predicted octanol–water partition coefficient (Wildman–Crippen LogP) is 6.17. The number of ether oxygens (including phenoxy) is 2. The van der Waals surface area contributed by atoms with Gasteiger partial charge in [-0.1, -0.05) is 52.3 Å². The summed E-state index contributed by atoms with van der Waals surface area (Å²) in [7, 11) is -4.03. The Labute approximate surface area is 365 Å². The van der Waals surface area contributed by atoms with Gasteiger partial charge in [0.25, 0.3) is 17.8 Å². The van der Waals surface area contributed by atoms with Crippen LogP contribution in [0, 0.1) is 16.7 Å². The zero-order chi connectivity index (χ0) is 46.0. The smallest absolute Gasteiger partial charge is 0.408 e. The molecular weight excluding hydrogens is 815 g/mol. The summed E-state index contributed by atoms with van der Waals surface area (Å²) in [6.45, 7) is 23.9. The van der Waals surface area contributed by atoms with Crippen LogP contribution in [-0.4, -0.2) is 100 Å². The van der Waals surface area contributed by atoms with E-state index in [0.29, 0.717) is 68.1 Å². The van der Waals surface area contributed by atoms with Crippen LogP contribution in [0.1, 0.15) is 130 Å². The zero-order valence-corrected chi connectivity index (χ0v) is 38.5. The lowest BCUT2D eigenvalue weighted by atomic mass is 9.85. The van der Waals surface area contributed by atoms with E-state index in [4.69, 9.17) is 14.5 Å². The second-order valence-corrected chi connectivity index (χ2v) is 21.3. The average molecular weight is 880 g/mol. The number of hydrogen-bond donors (Lipinski definition) is 3. The number of aromatic nitrogens is 2. The van der Waals surface area contributed by atoms with Crippen molar-refractivity contribution < 1.29 is 41.9 Å². The number of hydrogen-bond acceptors (Lipinski definition) is 10. The van der Waals surface area contributed by atoms with Crippen molar-refractivity contribution in [1.82, 2.24) is 29.8 Å². The van der Waals surface area contributed by atoms with Crippen LogP contribution in [0.15, 0.2) is 48.5 Å². The number of fused-ring (bicyclic) bond motifs is 1. The van der Waals surface area contributed by atoms with Crippen LogP contribution >= 0.6 is 0 Å². The molecule has 0 radical (unpaired) electrons. The number of carbonyl (C=O) groups excluding carboxylic acids is 5. The normalized spacial score (nSPS) is 22.5. The Morgan fingerprint density at radius 3 is 2.29 bits per heavy atom. The van der Waals surface area contributed by atoms with Crippen LogP contribution in [0.2, 0.25) is 0 Å². The van der Waals surface area contributed by atoms with Crippen LogP contribution < -0.4 is 20.1 Å². The third-order valence-corrected chi connectivity index (χ3v) is 14.1. The molecule has 1 saturated heterocycles. The number of amides is 5. The minimum Gasteiger partial charge on any atom is -0.459 e. The van der Waals surface area contributed by atoms with E-state index < -0.39 is 73.2 Å². The Bertz CT molecular complexity index is 2210. The lowest BCUT2D eigenvalue weighted by Crippen LogP contribution is -2.57. The molecule has 2 saturated carbocycles. The molecule has 2 aromatic rings. The number of allylic oxidation sites excluding steroid dienone is 1. The van der Waals surface area contributed by atoms with Crippen molar-refractivity contribution in [3.05, 3.63) is 49.1 Å². The number of benzene rings is 1. The van der Waals surface area contributed by atoms with Crippen molar-refractivity contribution in [2.45, 2.75) is 148 Å². The summed E-state index contributed by atoms with van der Waals surface area (Å²) in [4.78, 5) is 79.6. The fraction of sp³-hybridized carbons (Fsp3) is 0.622. The minimum absolute atomic E-state index is 0.0297. The quantitative estimate of drug-likeness (QED) is 0.0882. The first-order valence-corrected chi connectivity index (χ1v) is 23.1. The van der Waals surface area contributed by atoms with Gasteiger partial charge in [0.05, 0.1) is 27.8 Å². The Balaban J connectivity index is 1.48. The number of aliphatic imine (C=N–C) groups is 1. The highest BCUT2D eigenvalue weighted by molar-refractivity contribution is 7.91. The number of likely N-dealkylation sites (tertiary alicyclic amines) is 1. The van der Waals surface area contributed by atoms with Gasteiger partial charge in [-0.25, -0.2) is 18.2 Å². The van der Waals surface area contributed by atoms with E-state index in [1.165, 1.54) is 11.1 Å². The molecule has 1 aliphatic heterocycles. The average Bonchev–Trinajstić information content (AvgIpc) is 4.05. The standard InChI is InChI=1S/C45H65N7O9S/c1-12-15-20-44(21-22-44)62(58,59)50-39(56)45(25-29(45)14-3)27-47-37(54)33-24-30(26-51(33)38(55)35(42(6,7)8)49-41(57)61-43(9,10)11)60-40-48-34-31(36(53)46-23-16-13-2)18-17-19-32(34)52(40)28(4)5/h12-13,17-19,27-30,33,35H,1-2,14-16,20-26H2,3-11H3,(H,46,53)(H,49,57)(H,50,56)/t29-,30-,33+,35-,45-/m1/s1. The third-order valence-electron chi connectivity index (χ3n) is 11.9. The molecule has 0 unspecified atom stereocenters. The van der Waals surface area contributed by atoms with Gasteiger partial charge in [0.2, 0.25) is 21.8 Å². The maximum Gasteiger partial charge on any atom is 0.408 e. The van der Waals surface area contributed by atoms with E-state index >= 15 is 0 Å². The third kappa shape index (κ3) is 10.4. The van der Waals surface area contributed by atoms with E-state index in [2.05, 4.69) is 33.5 Å². The first-order valence-electron chi connectivity index (χ1n) is 21.6. The van der Waals surface area contributed by atoms with Gasteiger partial charge in [0.1, 0.15) is 29.3 Å². The van der Waals surface area contributed by atoms with Crippen LogP contribution in [0.25, 0.3) is 11.0 Å². The van der Waals surface area contributed by atoms with Crippen molar-refractivity contribution in [3.63, 3.8) is 0 Å². The Morgan fingerprint density at radius 2 is 1.73 bits per heavy atom. The van der Waals surface area contributed by atoms with Gasteiger partial charge < -0.3 is 25.0 Å². The number of imidazole rings is 1. The van der Waals surface area contributed by atoms with Crippen LogP contribution in [0.3, 0.4) is 0 Å². The molecule has 1 aromatic heterocycles. The minimum atomic E-state index is -4.03. The summed E-state index contributed by atoms with van der Waals surface area (Å²) >= 11 is 0. The molecule has 16 nitrogen and oxygen atoms in total. The summed E-state index contributed by atoms with van der Waals surface area (Å²) in [5.41, 5.74) is -1.62. The van der Waals surface area contributed by atoms with Crippen molar-refractivity contribution in [2.75, 3.05) is 13.1 Å². The molecule has 0 spiro atoms. The number of nitrogens with one attached hydrogen (secondary N) is 3. The largest absolute Gasteiger partial charge is 0.459 e. The molecule has 3 aliphatic rings. The second kappa shape index (κ2) is 18.3. The molecular formula is C45H65N7O9S. The second-order valence-electron chi connectivity index (χ2n) is 19.2. The molecule has 5 amide bonds. The van der Waals surface area contributed by atoms with Crippen molar-refractivity contribution in [2.24, 2.45) is 21.7 Å². The summed E-state index contributed by atoms with van der Waals surface area (Å²) in [6.07, 6.45) is 6.10. The van der Waals surface area contributed by atoms with E-state index in [9.17, 15) is 32.4 Å². The number of para-hydroxylation sites is 1. The van der Waals surface area contributed by atoms with Gasteiger partial charge >= 0.3 is 6.09 Å². The summed E-state index contributed by atoms with van der Waals surface area (Å²) < 4.78 is 42.2. The SMILES string of the molecule is C=CCCNC(=O)c1cccc2c1nc(O[C@@H]1C[C@@H](C(=O)N=C[C@]3(C(=O)NS(=O)(=O)C4(CCC=C)CC4)C[C@H]3CC)N(C(=O)[C@@H](NC(=O)OC(C)(C)C)C(C)(C)C)C1)n2C(C)C. The fourth-order valence-corrected chi connectivity index (χ4v) is 9.77. The van der Waals surface area contributed by atoms with E-state index in [1.807, 2.05) is 31.4 Å². The van der Waals surface area contributed by atoms with Gasteiger partial charge in [0, 0.05) is 25.2 Å². The number of carbonyl (C=O) groups is 5. The van der Waals surface area contributed by atoms with E-state index in [-0.39, 0.29) is 36.8 Å². The molecule has 17 heteroatoms. The van der Waals surface area contributed by atoms with Gasteiger partial charge in [-0.2, -0.15) is 4.98 Å². The summed E-state index contributed by atoms with van der Waals surface area (Å²) in [5.74, 6) is -2.62. The topological polar surface area (TPSA) is 207 Å². The number of sulfonamides is 1. The Hall–Kier alpha value is -5.06. The number of alkyl carbamates (subject to hydrolysis) is 1. The van der Waals surface area contributed by atoms with E-state index in [1.54, 1.807) is 65.8 Å². The van der Waals surface area contributed by atoms with Crippen molar-refractivity contribution >= 4 is 57.0 Å². The highest BCUT2D eigenvalue weighted by Crippen LogP contribution is 2.54. The monoisotopic (exact) mass is 879 g/mol. The highest BCUT2D eigenvalue weighted by atomic mass is 32.2. The Morgan fingerprint density at radius 1 is 1.05 bits per heavy atom. The maximum atomic E-state index is 14.7. The van der Waals surface area contributed by atoms with Crippen molar-refractivity contribution in [3.8, 4) is 6.01 Å². The van der Waals surface area contributed by atoms with E-state index in [0.717, 1.165) is 0 Å². The van der Waals surface area contributed by atoms with Gasteiger partial charge in [-0.3, -0.25) is 28.5 Å². The van der Waals surface area contributed by atoms with Crippen LogP contribution in [0.5, 0.6) is 6.01 Å². The highest BCUT2D eigenvalue weighted by Gasteiger charge is 2.61. The molecule has 5 atom stereocenters. The molecule has 2 aliphatic carbocycles. The fourth-order valence-electron chi connectivity index (χ4n) is 8.09. The summed E-state index contributed by atoms with van der Waals surface area (Å²) in [5, 5.41) is 5.60. The zero-order valence-electron chi connectivity index (χ0n) is 37.7. The van der Waals surface area contributed by atoms with Gasteiger partial charge in [-0.15, -0.1) is 13.2 Å². The van der Waals surface area contributed by atoms with Gasteiger partial charge in [-0.05, 0) is 96.6 Å². The molecule has 3 fully saturated rings. The van der Waals surface area contributed by atoms with Crippen LogP contribution in [0.4, 0.5) is 4.79 Å². The van der Waals surface area contributed by atoms with Crippen LogP contribution in [-0.2, 0) is 29.1 Å². The molecule has 0 bridgehead atoms. The molecule has 62 heavy (non-hydrogen) atoms. The first kappa shape index (κ1) is 48.0. The lowest BCUT2D eigenvalue weighted by Gasteiger charge is -2.35. The number of nitrogens with zero attached hydrogens (tertiary/aromatic N) is 4. The molecule has 5 rings (SSSR count). The predicted molar refractivity (Wildman–Crippen MR) is 237 cm³/mol. The molecule has 3 N–H and O–H groups in total. The lowest BCUT2D eigenvalue weighted by molar-refractivity contribution is -0.141. The molecule has 340 valence electrons. The number of rotatable bonds is 18. The molecule has 1 aromatic carbocycles. The Kier molecular flexibility index (Phi) is 14.2. The van der Waals surface area contributed by atoms with Crippen molar-refractivity contribution in [1.29, 1.82) is 0 Å². The van der Waals surface area contributed by atoms with Gasteiger partial charge in [0.15, 0.2) is 0 Å². The summed E-state index contributed by atoms with van der Waals surface area (Å²) in [6, 6.07) is 2.93.